The number of nitrogens with one attached hydrogen (secondary N) is 1. The van der Waals surface area contributed by atoms with Crippen molar-refractivity contribution in [1.82, 2.24) is 20.0 Å². The second-order valence-corrected chi connectivity index (χ2v) is 11.4. The van der Waals surface area contributed by atoms with Crippen molar-refractivity contribution in [2.45, 2.75) is 88.7 Å². The molecule has 0 radical (unpaired) electrons. The summed E-state index contributed by atoms with van der Waals surface area (Å²) in [6.45, 7) is 3.94. The van der Waals surface area contributed by atoms with Gasteiger partial charge >= 0.3 is 0 Å². The van der Waals surface area contributed by atoms with Crippen LogP contribution < -0.4 is 10.1 Å². The van der Waals surface area contributed by atoms with Crippen LogP contribution in [0.3, 0.4) is 0 Å². The first-order valence-corrected chi connectivity index (χ1v) is 14.1. The van der Waals surface area contributed by atoms with Gasteiger partial charge in [-0.15, -0.1) is 0 Å². The van der Waals surface area contributed by atoms with Crippen LogP contribution in [-0.4, -0.2) is 81.9 Å². The van der Waals surface area contributed by atoms with Gasteiger partial charge in [0, 0.05) is 50.7 Å². The molecule has 1 aromatic carbocycles. The number of benzene rings is 1. The monoisotopic (exact) mass is 510 g/mol. The zero-order valence-corrected chi connectivity index (χ0v) is 21.4. The van der Waals surface area contributed by atoms with Gasteiger partial charge in [0.15, 0.2) is 0 Å². The minimum atomic E-state index is -0.870. The highest BCUT2D eigenvalue weighted by atomic mass is 16.5. The molecule has 9 nitrogen and oxygen atoms in total. The van der Waals surface area contributed by atoms with Gasteiger partial charge in [-0.05, 0) is 62.6 Å². The normalized spacial score (nSPS) is 31.5. The third-order valence-corrected chi connectivity index (χ3v) is 9.02. The Morgan fingerprint density at radius 2 is 1.78 bits per heavy atom. The Morgan fingerprint density at radius 3 is 2.57 bits per heavy atom. The fraction of sp³-hybridized carbons (Fsp3) is 0.679. The molecule has 5 aliphatic rings. The van der Waals surface area contributed by atoms with Crippen molar-refractivity contribution in [2.75, 3.05) is 26.2 Å². The lowest BCUT2D eigenvalue weighted by Gasteiger charge is -2.48. The van der Waals surface area contributed by atoms with Crippen LogP contribution in [0, 0.1) is 5.92 Å². The lowest BCUT2D eigenvalue weighted by molar-refractivity contribution is -0.145. The maximum Gasteiger partial charge on any atom is 0.244 e. The summed E-state index contributed by atoms with van der Waals surface area (Å²) in [5.41, 5.74) is 1.75. The number of aliphatic hydroxyl groups is 1. The third kappa shape index (κ3) is 4.89. The Morgan fingerprint density at radius 1 is 1.00 bits per heavy atom. The Labute approximate surface area is 218 Å². The fourth-order valence-corrected chi connectivity index (χ4v) is 6.90. The van der Waals surface area contributed by atoms with E-state index in [4.69, 9.17) is 4.74 Å². The number of amides is 3. The summed E-state index contributed by atoms with van der Waals surface area (Å²) in [4.78, 5) is 43.1. The molecule has 2 unspecified atom stereocenters. The number of aliphatic hydroxyl groups excluding tert-OH is 1. The summed E-state index contributed by atoms with van der Waals surface area (Å²) < 4.78 is 6.55. The number of nitrogens with zero attached hydrogens (tertiary/aromatic N) is 3. The van der Waals surface area contributed by atoms with Crippen LogP contribution in [0.15, 0.2) is 18.2 Å². The molecule has 1 aliphatic carbocycles. The number of imide groups is 1. The van der Waals surface area contributed by atoms with E-state index in [0.717, 1.165) is 75.2 Å². The first-order chi connectivity index (χ1) is 18.0. The minimum Gasteiger partial charge on any atom is -0.489 e. The SMILES string of the molecule is O=C1CCC(N2Cc3cc(O[C@H]4CCCC[C@H]4N4CC(C(=O)N5CCCCC5)C4)ccc3C2O)C(=O)N1. The van der Waals surface area contributed by atoms with Gasteiger partial charge in [-0.3, -0.25) is 29.5 Å². The van der Waals surface area contributed by atoms with Crippen molar-refractivity contribution in [3.05, 3.63) is 29.3 Å². The van der Waals surface area contributed by atoms with E-state index in [9.17, 15) is 19.5 Å². The summed E-state index contributed by atoms with van der Waals surface area (Å²) in [7, 11) is 0. The Kier molecular flexibility index (Phi) is 6.94. The summed E-state index contributed by atoms with van der Waals surface area (Å²) >= 11 is 0. The van der Waals surface area contributed by atoms with E-state index in [-0.39, 0.29) is 30.3 Å². The molecule has 2 N–H and O–H groups in total. The van der Waals surface area contributed by atoms with Crippen LogP contribution in [0.1, 0.15) is 75.1 Å². The minimum absolute atomic E-state index is 0.0791. The van der Waals surface area contributed by atoms with E-state index < -0.39 is 12.3 Å². The molecule has 4 heterocycles. The summed E-state index contributed by atoms with van der Waals surface area (Å²) in [6.07, 6.45) is 7.80. The van der Waals surface area contributed by atoms with Gasteiger partial charge in [-0.2, -0.15) is 0 Å². The van der Waals surface area contributed by atoms with E-state index in [1.807, 2.05) is 18.2 Å². The van der Waals surface area contributed by atoms with Crippen LogP contribution in [-0.2, 0) is 20.9 Å². The molecule has 4 atom stereocenters. The molecule has 37 heavy (non-hydrogen) atoms. The van der Waals surface area contributed by atoms with Crippen molar-refractivity contribution in [3.63, 3.8) is 0 Å². The molecule has 0 bridgehead atoms. The Hall–Kier alpha value is -2.49. The molecule has 3 amide bonds. The number of rotatable bonds is 5. The molecule has 3 saturated heterocycles. The van der Waals surface area contributed by atoms with E-state index in [2.05, 4.69) is 15.1 Å². The summed E-state index contributed by atoms with van der Waals surface area (Å²) in [6, 6.07) is 5.61. The number of ether oxygens (including phenoxy) is 1. The van der Waals surface area contributed by atoms with E-state index in [1.165, 1.54) is 12.8 Å². The lowest BCUT2D eigenvalue weighted by Crippen LogP contribution is -2.61. The average Bonchev–Trinajstić information content (AvgIpc) is 3.20. The number of piperidine rings is 2. The van der Waals surface area contributed by atoms with Gasteiger partial charge in [0.25, 0.3) is 0 Å². The molecular formula is C28H38N4O5. The van der Waals surface area contributed by atoms with E-state index >= 15 is 0 Å². The number of hydrogen-bond acceptors (Lipinski definition) is 7. The predicted octanol–water partition coefficient (Wildman–Crippen LogP) is 1.93. The smallest absolute Gasteiger partial charge is 0.244 e. The lowest BCUT2D eigenvalue weighted by atomic mass is 9.86. The predicted molar refractivity (Wildman–Crippen MR) is 135 cm³/mol. The van der Waals surface area contributed by atoms with Crippen LogP contribution in [0.4, 0.5) is 0 Å². The number of likely N-dealkylation sites (tertiary alicyclic amines) is 2. The quantitative estimate of drug-likeness (QED) is 0.584. The standard InChI is InChI=1S/C28H38N4O5/c33-25-11-10-23(26(34)29-25)32-17-18-14-20(8-9-21(18)28(32)36)37-24-7-3-2-6-22(24)31-15-19(16-31)27(35)30-12-4-1-5-13-30/h8-9,14,19,22-24,28,36H,1-7,10-13,15-17H2,(H,29,33,34)/t22-,23?,24+,28?/m1/s1. The molecule has 1 aromatic rings. The molecule has 9 heteroatoms. The second kappa shape index (κ2) is 10.3. The largest absolute Gasteiger partial charge is 0.489 e. The first kappa shape index (κ1) is 24.8. The maximum atomic E-state index is 12.9. The van der Waals surface area contributed by atoms with Crippen LogP contribution in [0.2, 0.25) is 0 Å². The van der Waals surface area contributed by atoms with E-state index in [0.29, 0.717) is 24.9 Å². The van der Waals surface area contributed by atoms with E-state index in [1.54, 1.807) is 4.90 Å². The first-order valence-electron chi connectivity index (χ1n) is 14.1. The van der Waals surface area contributed by atoms with Crippen LogP contribution in [0.25, 0.3) is 0 Å². The molecule has 4 aliphatic heterocycles. The zero-order valence-electron chi connectivity index (χ0n) is 21.4. The molecule has 6 rings (SSSR count). The van der Waals surface area contributed by atoms with Crippen molar-refractivity contribution in [3.8, 4) is 5.75 Å². The average molecular weight is 511 g/mol. The van der Waals surface area contributed by atoms with Gasteiger partial charge in [-0.25, -0.2) is 0 Å². The number of fused-ring (bicyclic) bond motifs is 1. The van der Waals surface area contributed by atoms with Gasteiger partial charge in [0.2, 0.25) is 17.7 Å². The van der Waals surface area contributed by atoms with Crippen molar-refractivity contribution in [1.29, 1.82) is 0 Å². The highest BCUT2D eigenvalue weighted by Crippen LogP contribution is 2.38. The molecule has 0 aromatic heterocycles. The highest BCUT2D eigenvalue weighted by Gasteiger charge is 2.43. The van der Waals surface area contributed by atoms with Gasteiger partial charge in [0.05, 0.1) is 12.0 Å². The summed E-state index contributed by atoms with van der Waals surface area (Å²) in [5, 5.41) is 13.3. The maximum absolute atomic E-state index is 12.9. The van der Waals surface area contributed by atoms with Gasteiger partial charge < -0.3 is 14.7 Å². The molecular weight excluding hydrogens is 472 g/mol. The summed E-state index contributed by atoms with van der Waals surface area (Å²) in [5.74, 6) is 0.655. The Balaban J connectivity index is 1.08. The number of carbonyl (C=O) groups is 3. The van der Waals surface area contributed by atoms with Gasteiger partial charge in [-0.1, -0.05) is 12.5 Å². The molecule has 200 valence electrons. The van der Waals surface area contributed by atoms with Gasteiger partial charge in [0.1, 0.15) is 18.1 Å². The van der Waals surface area contributed by atoms with Crippen molar-refractivity contribution < 1.29 is 24.2 Å². The topological polar surface area (TPSA) is 102 Å². The van der Waals surface area contributed by atoms with Crippen LogP contribution in [0.5, 0.6) is 5.75 Å². The third-order valence-electron chi connectivity index (χ3n) is 9.02. The fourth-order valence-electron chi connectivity index (χ4n) is 6.90. The zero-order chi connectivity index (χ0) is 25.5. The highest BCUT2D eigenvalue weighted by molar-refractivity contribution is 6.00. The molecule has 4 fully saturated rings. The Bertz CT molecular complexity index is 1050. The number of hydrogen-bond donors (Lipinski definition) is 2. The molecule has 0 spiro atoms. The number of carbonyl (C=O) groups excluding carboxylic acids is 3. The molecule has 1 saturated carbocycles. The van der Waals surface area contributed by atoms with Crippen molar-refractivity contribution >= 4 is 17.7 Å². The second-order valence-electron chi connectivity index (χ2n) is 11.4. The van der Waals surface area contributed by atoms with Crippen molar-refractivity contribution in [2.24, 2.45) is 5.92 Å². The van der Waals surface area contributed by atoms with Crippen LogP contribution >= 0.6 is 0 Å².